The average Bonchev–Trinajstić information content (AvgIpc) is 3.60. The number of amides is 3. The number of nitrogens with one attached hydrogen (secondary N) is 1. The maximum atomic E-state index is 15.1. The molecule has 15 heteroatoms. The first kappa shape index (κ1) is 31.6. The lowest BCUT2D eigenvalue weighted by molar-refractivity contribution is -0.137. The molecule has 1 aliphatic rings. The Kier molecular flexibility index (Phi) is 8.65. The van der Waals surface area contributed by atoms with E-state index in [1.165, 1.54) is 52.3 Å². The Hall–Kier alpha value is -4.79. The van der Waals surface area contributed by atoms with Crippen LogP contribution in [-0.2, 0) is 11.0 Å². The molecular weight excluding hydrogens is 617 g/mol. The molecule has 0 saturated carbocycles. The Labute approximate surface area is 258 Å². The molecule has 1 aliphatic heterocycles. The number of aliphatic imine (C=N–C) groups is 1. The van der Waals surface area contributed by atoms with Gasteiger partial charge in [0.05, 0.1) is 34.1 Å². The van der Waals surface area contributed by atoms with Gasteiger partial charge in [-0.25, -0.2) is 23.2 Å². The number of amidine groups is 1. The van der Waals surface area contributed by atoms with Gasteiger partial charge in [-0.3, -0.25) is 9.69 Å². The van der Waals surface area contributed by atoms with E-state index in [1.807, 2.05) is 13.8 Å². The zero-order valence-electron chi connectivity index (χ0n) is 24.4. The van der Waals surface area contributed by atoms with Crippen molar-refractivity contribution in [1.82, 2.24) is 14.8 Å². The largest absolute Gasteiger partial charge is 0.416 e. The number of hydrogen-bond acceptors (Lipinski definition) is 6. The van der Waals surface area contributed by atoms with Crippen molar-refractivity contribution in [3.05, 3.63) is 83.7 Å². The molecule has 1 N–H and O–H groups in total. The third kappa shape index (κ3) is 6.67. The summed E-state index contributed by atoms with van der Waals surface area (Å²) < 4.78 is 69.6. The van der Waals surface area contributed by atoms with Crippen molar-refractivity contribution in [2.75, 3.05) is 35.0 Å². The Bertz CT molecular complexity index is 1800. The number of benzene rings is 3. The molecule has 9 nitrogen and oxygen atoms in total. The van der Waals surface area contributed by atoms with Crippen LogP contribution in [0.3, 0.4) is 0 Å². The summed E-state index contributed by atoms with van der Waals surface area (Å²) in [6.07, 6.45) is -3.20. The number of urea groups is 1. The molecule has 5 rings (SSSR count). The van der Waals surface area contributed by atoms with Gasteiger partial charge in [0.15, 0.2) is 11.0 Å². The van der Waals surface area contributed by atoms with Gasteiger partial charge in [-0.1, -0.05) is 25.6 Å². The van der Waals surface area contributed by atoms with Crippen LogP contribution in [0.25, 0.3) is 17.1 Å². The Morgan fingerprint density at radius 3 is 2.38 bits per heavy atom. The van der Waals surface area contributed by atoms with Gasteiger partial charge in [0, 0.05) is 19.7 Å². The van der Waals surface area contributed by atoms with Crippen LogP contribution in [0.4, 0.5) is 43.8 Å². The van der Waals surface area contributed by atoms with E-state index in [2.05, 4.69) is 20.4 Å². The van der Waals surface area contributed by atoms with E-state index in [9.17, 15) is 27.2 Å². The quantitative estimate of drug-likeness (QED) is 0.226. The predicted octanol–water partition coefficient (Wildman–Crippen LogP) is 7.09. The van der Waals surface area contributed by atoms with Crippen LogP contribution in [0.1, 0.15) is 30.9 Å². The third-order valence-corrected chi connectivity index (χ3v) is 7.75. The maximum absolute atomic E-state index is 15.1. The van der Waals surface area contributed by atoms with Gasteiger partial charge in [0.25, 0.3) is 0 Å². The number of rotatable bonds is 6. The minimum Gasteiger partial charge on any atom is -0.375 e. The van der Waals surface area contributed by atoms with E-state index in [0.717, 1.165) is 30.0 Å². The van der Waals surface area contributed by atoms with Crippen LogP contribution < -0.4 is 15.1 Å². The Balaban J connectivity index is 1.35. The van der Waals surface area contributed by atoms with Gasteiger partial charge >= 0.3 is 12.2 Å². The number of carbonyl (C=O) groups is 2. The summed E-state index contributed by atoms with van der Waals surface area (Å²) >= 11 is 1.03. The number of anilines is 3. The van der Waals surface area contributed by atoms with Gasteiger partial charge in [-0.05, 0) is 66.1 Å². The summed E-state index contributed by atoms with van der Waals surface area (Å²) in [7, 11) is 3.34. The molecule has 0 bridgehead atoms. The van der Waals surface area contributed by atoms with Gasteiger partial charge in [-0.2, -0.15) is 18.2 Å². The van der Waals surface area contributed by atoms with Crippen molar-refractivity contribution in [2.45, 2.75) is 25.9 Å². The van der Waals surface area contributed by atoms with E-state index in [0.29, 0.717) is 16.9 Å². The fraction of sp³-hybridized carbons (Fsp3) is 0.233. The monoisotopic (exact) mass is 643 g/mol. The third-order valence-electron chi connectivity index (χ3n) is 6.82. The topological polar surface area (TPSA) is 95.7 Å². The lowest BCUT2D eigenvalue weighted by Crippen LogP contribution is -2.31. The van der Waals surface area contributed by atoms with E-state index in [4.69, 9.17) is 0 Å². The highest BCUT2D eigenvalue weighted by atomic mass is 32.2. The molecule has 45 heavy (non-hydrogen) atoms. The van der Waals surface area contributed by atoms with Crippen LogP contribution in [-0.4, -0.2) is 51.7 Å². The van der Waals surface area contributed by atoms with Crippen LogP contribution >= 0.6 is 11.8 Å². The number of thioether (sulfide) groups is 1. The summed E-state index contributed by atoms with van der Waals surface area (Å²) in [4.78, 5) is 36.7. The van der Waals surface area contributed by atoms with Gasteiger partial charge in [0.2, 0.25) is 5.91 Å². The number of alkyl halides is 3. The number of hydrogen-bond donors (Lipinski definition) is 1. The molecular formula is C30H26F5N7O2S. The summed E-state index contributed by atoms with van der Waals surface area (Å²) in [5, 5.41) is 6.64. The molecule has 1 saturated heterocycles. The number of carbonyl (C=O) groups excluding carboxylic acids is 2. The SMILES string of the molecule is CC(C)c1cc(F)c(N(C)C)cc1N1C(=O)CSC1=NC(=O)Nc1ccc(-c2ncn(-c3ccc(C(F)(F)F)cc3)n2)cc1F. The van der Waals surface area contributed by atoms with Crippen molar-refractivity contribution in [2.24, 2.45) is 4.99 Å². The van der Waals surface area contributed by atoms with Gasteiger partial charge in [-0.15, -0.1) is 5.10 Å². The number of nitrogens with zero attached hydrogens (tertiary/aromatic N) is 6. The molecule has 1 aromatic heterocycles. The van der Waals surface area contributed by atoms with Crippen LogP contribution in [0.15, 0.2) is 65.9 Å². The van der Waals surface area contributed by atoms with Crippen LogP contribution in [0.5, 0.6) is 0 Å². The maximum Gasteiger partial charge on any atom is 0.416 e. The second-order valence-electron chi connectivity index (χ2n) is 10.5. The minimum absolute atomic E-state index is 0.00744. The lowest BCUT2D eigenvalue weighted by atomic mass is 9.99. The van der Waals surface area contributed by atoms with E-state index in [-0.39, 0.29) is 45.5 Å². The fourth-order valence-corrected chi connectivity index (χ4v) is 5.41. The van der Waals surface area contributed by atoms with E-state index < -0.39 is 29.4 Å². The first-order valence-electron chi connectivity index (χ1n) is 13.5. The van der Waals surface area contributed by atoms with Gasteiger partial charge in [0.1, 0.15) is 18.0 Å². The Morgan fingerprint density at radius 2 is 1.76 bits per heavy atom. The molecule has 0 aliphatic carbocycles. The average molecular weight is 644 g/mol. The van der Waals surface area contributed by atoms with Crippen molar-refractivity contribution >= 4 is 45.9 Å². The smallest absolute Gasteiger partial charge is 0.375 e. The first-order valence-corrected chi connectivity index (χ1v) is 14.5. The highest BCUT2D eigenvalue weighted by Crippen LogP contribution is 2.37. The van der Waals surface area contributed by atoms with Crippen molar-refractivity contribution in [3.63, 3.8) is 0 Å². The van der Waals surface area contributed by atoms with Crippen LogP contribution in [0.2, 0.25) is 0 Å². The summed E-state index contributed by atoms with van der Waals surface area (Å²) in [5.41, 5.74) is 0.769. The van der Waals surface area contributed by atoms with E-state index in [1.54, 1.807) is 19.0 Å². The van der Waals surface area contributed by atoms with Crippen LogP contribution in [0, 0.1) is 11.6 Å². The van der Waals surface area contributed by atoms with Crippen molar-refractivity contribution in [3.8, 4) is 17.1 Å². The Morgan fingerprint density at radius 1 is 1.04 bits per heavy atom. The zero-order chi connectivity index (χ0) is 32.6. The standard InChI is InChI=1S/C30H26F5N7O2S/c1-16(2)20-12-22(32)25(40(3)4)13-24(20)42-26(43)14-45-29(42)38-28(44)37-23-10-5-17(11-21(23)31)27-36-15-41(39-27)19-8-6-18(7-9-19)30(33,34)35/h5-13,15-16H,14H2,1-4H3,(H,37,44). The molecule has 0 radical (unpaired) electrons. The molecule has 3 amide bonds. The number of halogens is 5. The second-order valence-corrected chi connectivity index (χ2v) is 11.4. The molecule has 2 heterocycles. The van der Waals surface area contributed by atoms with E-state index >= 15 is 4.39 Å². The molecule has 234 valence electrons. The fourth-order valence-electron chi connectivity index (χ4n) is 4.56. The normalized spacial score (nSPS) is 14.5. The summed E-state index contributed by atoms with van der Waals surface area (Å²) in [6.45, 7) is 3.71. The first-order chi connectivity index (χ1) is 21.2. The minimum atomic E-state index is -4.48. The van der Waals surface area contributed by atoms with Crippen molar-refractivity contribution < 1.29 is 31.5 Å². The number of aromatic nitrogens is 3. The molecule has 0 unspecified atom stereocenters. The summed E-state index contributed by atoms with van der Waals surface area (Å²) in [5.74, 6) is -1.67. The molecule has 0 atom stereocenters. The predicted molar refractivity (Wildman–Crippen MR) is 163 cm³/mol. The second kappa shape index (κ2) is 12.3. The summed E-state index contributed by atoms with van der Waals surface area (Å²) in [6, 6.07) is 10.1. The van der Waals surface area contributed by atoms with Crippen molar-refractivity contribution in [1.29, 1.82) is 0 Å². The molecule has 0 spiro atoms. The zero-order valence-corrected chi connectivity index (χ0v) is 25.2. The molecule has 3 aromatic carbocycles. The van der Waals surface area contributed by atoms with Gasteiger partial charge < -0.3 is 10.2 Å². The lowest BCUT2D eigenvalue weighted by Gasteiger charge is -2.24. The molecule has 4 aromatic rings. The highest BCUT2D eigenvalue weighted by molar-refractivity contribution is 8.15. The highest BCUT2D eigenvalue weighted by Gasteiger charge is 2.34. The molecule has 1 fully saturated rings.